The Balaban J connectivity index is 3.09. The Morgan fingerprint density at radius 3 is 2.71 bits per heavy atom. The zero-order valence-corrected chi connectivity index (χ0v) is 11.2. The molecule has 0 fully saturated rings. The van der Waals surface area contributed by atoms with Crippen LogP contribution in [0.3, 0.4) is 0 Å². The second kappa shape index (κ2) is 6.35. The number of halogens is 2. The van der Waals surface area contributed by atoms with Gasteiger partial charge in [-0.2, -0.15) is 0 Å². The molecule has 17 heavy (non-hydrogen) atoms. The maximum atomic E-state index is 12.1. The van der Waals surface area contributed by atoms with E-state index < -0.39 is 22.0 Å². The minimum atomic E-state index is -1.81. The van der Waals surface area contributed by atoms with Crippen molar-refractivity contribution in [3.63, 3.8) is 0 Å². The second-order valence-corrected chi connectivity index (χ2v) is 5.60. The standard InChI is InChI=1S/C10H10Cl2O4S/c1-16-5-9(10(13)14)17(15)8-4-6(11)2-3-7(8)12/h2-4,9H,5H2,1H3,(H,13,14). The quantitative estimate of drug-likeness (QED) is 0.905. The molecule has 1 rings (SSSR count). The molecule has 2 atom stereocenters. The third-order valence-corrected chi connectivity index (χ3v) is 4.26. The van der Waals surface area contributed by atoms with Crippen LogP contribution in [0.2, 0.25) is 10.0 Å². The van der Waals surface area contributed by atoms with Gasteiger partial charge in [-0.1, -0.05) is 23.2 Å². The fraction of sp³-hybridized carbons (Fsp3) is 0.300. The monoisotopic (exact) mass is 296 g/mol. The molecule has 0 radical (unpaired) electrons. The highest BCUT2D eigenvalue weighted by Crippen LogP contribution is 2.25. The minimum absolute atomic E-state index is 0.162. The first kappa shape index (κ1) is 14.4. The lowest BCUT2D eigenvalue weighted by molar-refractivity contribution is -0.137. The molecule has 94 valence electrons. The second-order valence-electron chi connectivity index (χ2n) is 3.15. The molecule has 0 heterocycles. The molecule has 0 aliphatic heterocycles. The summed E-state index contributed by atoms with van der Waals surface area (Å²) in [7, 11) is -0.474. The summed E-state index contributed by atoms with van der Waals surface area (Å²) in [6.07, 6.45) is 0. The number of hydrogen-bond donors (Lipinski definition) is 1. The number of ether oxygens (including phenoxy) is 1. The van der Waals surface area contributed by atoms with E-state index in [1.807, 2.05) is 0 Å². The van der Waals surface area contributed by atoms with Crippen molar-refractivity contribution in [1.29, 1.82) is 0 Å². The van der Waals surface area contributed by atoms with Crippen LogP contribution in [0.15, 0.2) is 23.1 Å². The van der Waals surface area contributed by atoms with Crippen LogP contribution in [-0.2, 0) is 20.3 Å². The van der Waals surface area contributed by atoms with Gasteiger partial charge in [0.05, 0.1) is 27.3 Å². The van der Waals surface area contributed by atoms with Gasteiger partial charge in [0.2, 0.25) is 0 Å². The lowest BCUT2D eigenvalue weighted by atomic mass is 10.4. The van der Waals surface area contributed by atoms with E-state index in [0.717, 1.165) is 0 Å². The molecule has 1 aromatic rings. The number of hydrogen-bond acceptors (Lipinski definition) is 3. The number of carboxylic acid groups (broad SMARTS) is 1. The van der Waals surface area contributed by atoms with Gasteiger partial charge in [-0.05, 0) is 18.2 Å². The summed E-state index contributed by atoms with van der Waals surface area (Å²) in [5.74, 6) is -1.21. The lowest BCUT2D eigenvalue weighted by Gasteiger charge is -2.12. The van der Waals surface area contributed by atoms with Gasteiger partial charge in [-0.15, -0.1) is 0 Å². The van der Waals surface area contributed by atoms with Crippen molar-refractivity contribution in [2.24, 2.45) is 0 Å². The molecular weight excluding hydrogens is 287 g/mol. The Morgan fingerprint density at radius 2 is 2.18 bits per heavy atom. The van der Waals surface area contributed by atoms with Gasteiger partial charge in [0.1, 0.15) is 0 Å². The van der Waals surface area contributed by atoms with E-state index in [9.17, 15) is 9.00 Å². The largest absolute Gasteiger partial charge is 0.480 e. The molecular formula is C10H10Cl2O4S. The first-order valence-corrected chi connectivity index (χ1v) is 6.51. The van der Waals surface area contributed by atoms with Crippen molar-refractivity contribution in [2.75, 3.05) is 13.7 Å². The van der Waals surface area contributed by atoms with Gasteiger partial charge < -0.3 is 9.84 Å². The molecule has 1 N–H and O–H groups in total. The fourth-order valence-corrected chi connectivity index (χ4v) is 3.00. The first-order chi connectivity index (χ1) is 7.97. The molecule has 0 amide bonds. The van der Waals surface area contributed by atoms with Gasteiger partial charge in [-0.25, -0.2) is 0 Å². The van der Waals surface area contributed by atoms with E-state index in [0.29, 0.717) is 5.02 Å². The summed E-state index contributed by atoms with van der Waals surface area (Å²) in [5, 5.41) is 8.34. The first-order valence-electron chi connectivity index (χ1n) is 4.54. The van der Waals surface area contributed by atoms with Gasteiger partial charge in [0.25, 0.3) is 0 Å². The number of methoxy groups -OCH3 is 1. The van der Waals surface area contributed by atoms with Gasteiger partial charge in [-0.3, -0.25) is 9.00 Å². The zero-order valence-electron chi connectivity index (χ0n) is 8.85. The van der Waals surface area contributed by atoms with Crippen molar-refractivity contribution in [3.8, 4) is 0 Å². The van der Waals surface area contributed by atoms with Crippen LogP contribution < -0.4 is 0 Å². The summed E-state index contributed by atoms with van der Waals surface area (Å²) >= 11 is 11.6. The normalized spacial score (nSPS) is 14.3. The third kappa shape index (κ3) is 3.67. The zero-order chi connectivity index (χ0) is 13.0. The van der Waals surface area contributed by atoms with Crippen molar-refractivity contribution in [2.45, 2.75) is 10.1 Å². The Labute approximate surface area is 111 Å². The Morgan fingerprint density at radius 1 is 1.53 bits per heavy atom. The van der Waals surface area contributed by atoms with Gasteiger partial charge in [0.15, 0.2) is 5.25 Å². The van der Waals surface area contributed by atoms with E-state index in [1.165, 1.54) is 25.3 Å². The molecule has 0 bridgehead atoms. The van der Waals surface area contributed by atoms with Crippen LogP contribution in [0.1, 0.15) is 0 Å². The number of aliphatic carboxylic acids is 1. The average molecular weight is 297 g/mol. The van der Waals surface area contributed by atoms with E-state index in [1.54, 1.807) is 0 Å². The maximum absolute atomic E-state index is 12.1. The number of carboxylic acids is 1. The van der Waals surface area contributed by atoms with Crippen LogP contribution in [0, 0.1) is 0 Å². The van der Waals surface area contributed by atoms with E-state index in [-0.39, 0.29) is 16.5 Å². The van der Waals surface area contributed by atoms with E-state index in [4.69, 9.17) is 33.0 Å². The molecule has 0 aliphatic carbocycles. The molecule has 0 aromatic heterocycles. The minimum Gasteiger partial charge on any atom is -0.480 e. The number of rotatable bonds is 5. The molecule has 4 nitrogen and oxygen atoms in total. The predicted molar refractivity (Wildman–Crippen MR) is 66.2 cm³/mol. The summed E-state index contributed by atoms with van der Waals surface area (Å²) < 4.78 is 16.8. The molecule has 0 saturated heterocycles. The summed E-state index contributed by atoms with van der Waals surface area (Å²) in [4.78, 5) is 11.1. The Bertz CT molecular complexity index is 450. The Kier molecular flexibility index (Phi) is 5.39. The van der Waals surface area contributed by atoms with Crippen LogP contribution in [-0.4, -0.2) is 34.3 Å². The molecule has 0 spiro atoms. The van der Waals surface area contributed by atoms with Crippen molar-refractivity contribution < 1.29 is 18.8 Å². The Hall–Kier alpha value is -0.620. The highest BCUT2D eigenvalue weighted by Gasteiger charge is 2.27. The molecule has 2 unspecified atom stereocenters. The van der Waals surface area contributed by atoms with Crippen LogP contribution in [0.25, 0.3) is 0 Å². The smallest absolute Gasteiger partial charge is 0.322 e. The van der Waals surface area contributed by atoms with Crippen LogP contribution >= 0.6 is 23.2 Å². The average Bonchev–Trinajstić information content (AvgIpc) is 2.28. The maximum Gasteiger partial charge on any atom is 0.322 e. The van der Waals surface area contributed by atoms with E-state index >= 15 is 0 Å². The summed E-state index contributed by atoms with van der Waals surface area (Å²) in [6.45, 7) is -0.162. The van der Waals surface area contributed by atoms with Crippen molar-refractivity contribution in [3.05, 3.63) is 28.2 Å². The molecule has 7 heteroatoms. The van der Waals surface area contributed by atoms with Crippen molar-refractivity contribution in [1.82, 2.24) is 0 Å². The van der Waals surface area contributed by atoms with Gasteiger partial charge >= 0.3 is 5.97 Å². The molecule has 0 aliphatic rings. The van der Waals surface area contributed by atoms with Crippen LogP contribution in [0.5, 0.6) is 0 Å². The summed E-state index contributed by atoms with van der Waals surface area (Å²) in [6, 6.07) is 4.41. The topological polar surface area (TPSA) is 63.6 Å². The molecule has 1 aromatic carbocycles. The molecule has 0 saturated carbocycles. The predicted octanol–water partition coefficient (Wildman–Crippen LogP) is 2.20. The van der Waals surface area contributed by atoms with Crippen molar-refractivity contribution >= 4 is 40.0 Å². The van der Waals surface area contributed by atoms with Crippen LogP contribution in [0.4, 0.5) is 0 Å². The SMILES string of the molecule is COCC(C(=O)O)S(=O)c1cc(Cl)ccc1Cl. The van der Waals surface area contributed by atoms with E-state index in [2.05, 4.69) is 0 Å². The number of carbonyl (C=O) groups is 1. The fourth-order valence-electron chi connectivity index (χ4n) is 1.16. The number of benzene rings is 1. The highest BCUT2D eigenvalue weighted by molar-refractivity contribution is 7.86. The van der Waals surface area contributed by atoms with Gasteiger partial charge in [0, 0.05) is 12.1 Å². The lowest BCUT2D eigenvalue weighted by Crippen LogP contribution is -2.30. The highest BCUT2D eigenvalue weighted by atomic mass is 35.5. The summed E-state index contributed by atoms with van der Waals surface area (Å²) in [5.41, 5.74) is 0. The third-order valence-electron chi connectivity index (χ3n) is 1.96.